The highest BCUT2D eigenvalue weighted by Gasteiger charge is 2.12. The van der Waals surface area contributed by atoms with Crippen molar-refractivity contribution >= 4 is 17.2 Å². The molecule has 0 aliphatic rings. The first kappa shape index (κ1) is 16.6. The predicted molar refractivity (Wildman–Crippen MR) is 110 cm³/mol. The van der Waals surface area contributed by atoms with Crippen molar-refractivity contribution < 1.29 is 0 Å². The van der Waals surface area contributed by atoms with Crippen molar-refractivity contribution in [2.24, 2.45) is 4.99 Å². The Hall–Kier alpha value is -2.91. The van der Waals surface area contributed by atoms with Gasteiger partial charge in [0.15, 0.2) is 0 Å². The van der Waals surface area contributed by atoms with Crippen LogP contribution in [0, 0.1) is 6.92 Å². The Morgan fingerprint density at radius 3 is 2.00 bits per heavy atom. The van der Waals surface area contributed by atoms with E-state index in [9.17, 15) is 0 Å². The highest BCUT2D eigenvalue weighted by Crippen LogP contribution is 2.24. The zero-order valence-corrected chi connectivity index (χ0v) is 15.5. The van der Waals surface area contributed by atoms with Gasteiger partial charge >= 0.3 is 0 Å². The van der Waals surface area contributed by atoms with Gasteiger partial charge in [-0.2, -0.15) is 0 Å². The average molecular weight is 356 g/mol. The van der Waals surface area contributed by atoms with Crippen LogP contribution in [0.25, 0.3) is 11.1 Å². The van der Waals surface area contributed by atoms with E-state index >= 15 is 0 Å². The lowest BCUT2D eigenvalue weighted by atomic mass is 10.1. The van der Waals surface area contributed by atoms with E-state index in [1.54, 1.807) is 11.5 Å². The van der Waals surface area contributed by atoms with Crippen molar-refractivity contribution in [3.63, 3.8) is 0 Å². The lowest BCUT2D eigenvalue weighted by Crippen LogP contribution is -1.99. The number of hydrogen-bond donors (Lipinski definition) is 0. The van der Waals surface area contributed by atoms with E-state index in [0.29, 0.717) is 0 Å². The molecule has 26 heavy (non-hydrogen) atoms. The summed E-state index contributed by atoms with van der Waals surface area (Å²) in [6.45, 7) is 3.05. The van der Waals surface area contributed by atoms with Crippen LogP contribution in [0.4, 0.5) is 5.69 Å². The van der Waals surface area contributed by atoms with Crippen molar-refractivity contribution in [2.75, 3.05) is 0 Å². The van der Waals surface area contributed by atoms with Gasteiger partial charge in [-0.3, -0.25) is 3.96 Å². The smallest absolute Gasteiger partial charge is 0.142 e. The molecule has 0 fully saturated rings. The molecule has 0 radical (unpaired) electrons. The second-order valence-corrected chi connectivity index (χ2v) is 7.20. The van der Waals surface area contributed by atoms with E-state index in [4.69, 9.17) is 4.99 Å². The van der Waals surface area contributed by atoms with Gasteiger partial charge in [-0.15, -0.1) is 0 Å². The zero-order valence-electron chi connectivity index (χ0n) is 14.7. The average Bonchev–Trinajstić information content (AvgIpc) is 2.99. The third-order valence-corrected chi connectivity index (χ3v) is 5.46. The molecular formula is C23H20N2S. The molecule has 0 aliphatic heterocycles. The van der Waals surface area contributed by atoms with Gasteiger partial charge in [0.2, 0.25) is 0 Å². The molecule has 0 spiro atoms. The first-order valence-electron chi connectivity index (χ1n) is 8.71. The van der Waals surface area contributed by atoms with Gasteiger partial charge in [0, 0.05) is 11.3 Å². The van der Waals surface area contributed by atoms with E-state index in [0.717, 1.165) is 16.9 Å². The highest BCUT2D eigenvalue weighted by molar-refractivity contribution is 7.04. The number of rotatable bonds is 4. The fraction of sp³-hybridized carbons (Fsp3) is 0.0870. The standard InChI is InChI=1S/C23H20N2S/c1-18-22(20-13-7-3-8-14-20)23(24-21-15-9-4-10-16-21)26-25(18)17-19-11-5-2-6-12-19/h2-16H,17H2,1H3. The molecule has 0 unspecified atom stereocenters. The van der Waals surface area contributed by atoms with Crippen LogP contribution in [0.2, 0.25) is 0 Å². The first-order valence-corrected chi connectivity index (χ1v) is 9.48. The maximum Gasteiger partial charge on any atom is 0.142 e. The van der Waals surface area contributed by atoms with Crippen molar-refractivity contribution in [1.82, 2.24) is 3.96 Å². The molecule has 4 aromatic rings. The molecule has 1 aromatic heterocycles. The van der Waals surface area contributed by atoms with Gasteiger partial charge in [0.05, 0.1) is 12.2 Å². The Morgan fingerprint density at radius 2 is 1.35 bits per heavy atom. The molecule has 0 saturated heterocycles. The monoisotopic (exact) mass is 356 g/mol. The van der Waals surface area contributed by atoms with Crippen LogP contribution in [0.5, 0.6) is 0 Å². The van der Waals surface area contributed by atoms with E-state index in [2.05, 4.69) is 71.5 Å². The van der Waals surface area contributed by atoms with Crippen LogP contribution < -0.4 is 4.67 Å². The van der Waals surface area contributed by atoms with E-state index in [1.807, 2.05) is 30.3 Å². The molecule has 3 aromatic carbocycles. The molecule has 0 aliphatic carbocycles. The summed E-state index contributed by atoms with van der Waals surface area (Å²) in [5, 5.41) is 0. The number of para-hydroxylation sites is 1. The second-order valence-electron chi connectivity index (χ2n) is 6.19. The number of aromatic nitrogens is 1. The van der Waals surface area contributed by atoms with Crippen LogP contribution in [0.3, 0.4) is 0 Å². The third-order valence-electron chi connectivity index (χ3n) is 4.36. The van der Waals surface area contributed by atoms with Crippen LogP contribution in [0.1, 0.15) is 11.3 Å². The summed E-state index contributed by atoms with van der Waals surface area (Å²) in [5.74, 6) is 0. The van der Waals surface area contributed by atoms with Crippen molar-refractivity contribution in [3.05, 3.63) is 107 Å². The molecule has 0 N–H and O–H groups in total. The Kier molecular flexibility index (Phi) is 4.80. The van der Waals surface area contributed by atoms with Crippen LogP contribution >= 0.6 is 11.5 Å². The summed E-state index contributed by atoms with van der Waals surface area (Å²) in [7, 11) is 0. The Bertz CT molecular complexity index is 1050. The molecule has 4 rings (SSSR count). The zero-order chi connectivity index (χ0) is 17.8. The van der Waals surface area contributed by atoms with Crippen LogP contribution in [-0.2, 0) is 6.54 Å². The molecule has 0 atom stereocenters. The SMILES string of the molecule is Cc1c(-c2ccccc2)c(=Nc2ccccc2)sn1Cc1ccccc1. The van der Waals surface area contributed by atoms with Crippen molar-refractivity contribution in [1.29, 1.82) is 0 Å². The predicted octanol–water partition coefficient (Wildman–Crippen LogP) is 5.81. The quantitative estimate of drug-likeness (QED) is 0.439. The van der Waals surface area contributed by atoms with Crippen molar-refractivity contribution in [2.45, 2.75) is 13.5 Å². The summed E-state index contributed by atoms with van der Waals surface area (Å²) in [5.41, 5.74) is 5.96. The normalized spacial score (nSPS) is 11.7. The van der Waals surface area contributed by atoms with Crippen LogP contribution in [-0.4, -0.2) is 3.96 Å². The largest absolute Gasteiger partial charge is 0.295 e. The molecule has 0 bridgehead atoms. The number of benzene rings is 3. The van der Waals surface area contributed by atoms with E-state index in [1.165, 1.54) is 22.4 Å². The maximum absolute atomic E-state index is 4.94. The Balaban J connectivity index is 1.87. The summed E-state index contributed by atoms with van der Waals surface area (Å²) >= 11 is 1.72. The van der Waals surface area contributed by atoms with Gasteiger partial charge in [0.25, 0.3) is 0 Å². The Morgan fingerprint density at radius 1 is 0.769 bits per heavy atom. The van der Waals surface area contributed by atoms with Gasteiger partial charge in [-0.25, -0.2) is 4.99 Å². The van der Waals surface area contributed by atoms with Crippen molar-refractivity contribution in [3.8, 4) is 11.1 Å². The van der Waals surface area contributed by atoms with Gasteiger partial charge in [-0.05, 0) is 41.7 Å². The third kappa shape index (κ3) is 3.53. The molecule has 128 valence electrons. The summed E-state index contributed by atoms with van der Waals surface area (Å²) in [4.78, 5) is 4.94. The molecule has 0 amide bonds. The maximum atomic E-state index is 4.94. The Labute approximate surface area is 157 Å². The van der Waals surface area contributed by atoms with Gasteiger partial charge in [0.1, 0.15) is 4.67 Å². The minimum Gasteiger partial charge on any atom is -0.295 e. The minimum absolute atomic E-state index is 0.863. The highest BCUT2D eigenvalue weighted by atomic mass is 32.1. The van der Waals surface area contributed by atoms with E-state index < -0.39 is 0 Å². The number of hydrogen-bond acceptors (Lipinski definition) is 2. The summed E-state index contributed by atoms with van der Waals surface area (Å²) in [6, 6.07) is 31.3. The lowest BCUT2D eigenvalue weighted by Gasteiger charge is -2.06. The molecule has 0 saturated carbocycles. The fourth-order valence-corrected chi connectivity index (χ4v) is 4.18. The minimum atomic E-state index is 0.863. The molecule has 2 nitrogen and oxygen atoms in total. The fourth-order valence-electron chi connectivity index (χ4n) is 3.03. The van der Waals surface area contributed by atoms with E-state index in [-0.39, 0.29) is 0 Å². The lowest BCUT2D eigenvalue weighted by molar-refractivity contribution is 0.848. The molecular weight excluding hydrogens is 336 g/mol. The topological polar surface area (TPSA) is 17.3 Å². The van der Waals surface area contributed by atoms with Crippen LogP contribution in [0.15, 0.2) is 96.0 Å². The molecule has 1 heterocycles. The molecule has 3 heteroatoms. The van der Waals surface area contributed by atoms with Gasteiger partial charge in [-0.1, -0.05) is 78.9 Å². The summed E-state index contributed by atoms with van der Waals surface area (Å²) < 4.78 is 3.38. The van der Waals surface area contributed by atoms with Gasteiger partial charge < -0.3 is 0 Å². The summed E-state index contributed by atoms with van der Waals surface area (Å²) in [6.07, 6.45) is 0. The number of nitrogens with zero attached hydrogens (tertiary/aromatic N) is 2. The first-order chi connectivity index (χ1) is 12.8. The second kappa shape index (κ2) is 7.54.